The molecule has 1 aromatic rings. The number of carbonyl (C=O) groups excluding carboxylic acids is 1. The monoisotopic (exact) mass is 354 g/mol. The van der Waals surface area contributed by atoms with Gasteiger partial charge in [0.15, 0.2) is 0 Å². The van der Waals surface area contributed by atoms with E-state index in [1.165, 1.54) is 4.90 Å². The fourth-order valence-corrected chi connectivity index (χ4v) is 4.73. The molecule has 1 saturated heterocycles. The molecular formula is C17H23ClN2O2S. The summed E-state index contributed by atoms with van der Waals surface area (Å²) in [5.74, 6) is 1.13. The SMILES string of the molecule is COCC1(C(=O)NC2CCSc3ccc(Cl)cc32)CCNCC1. The molecule has 4 nitrogen and oxygen atoms in total. The molecule has 0 aromatic heterocycles. The van der Waals surface area contributed by atoms with Gasteiger partial charge in [-0.25, -0.2) is 0 Å². The second-order valence-corrected chi connectivity index (χ2v) is 7.88. The second kappa shape index (κ2) is 7.43. The molecule has 1 atom stereocenters. The van der Waals surface area contributed by atoms with Gasteiger partial charge in [-0.3, -0.25) is 4.79 Å². The van der Waals surface area contributed by atoms with Crippen LogP contribution in [-0.4, -0.2) is 38.5 Å². The Hall–Kier alpha value is -0.750. The van der Waals surface area contributed by atoms with E-state index >= 15 is 0 Å². The summed E-state index contributed by atoms with van der Waals surface area (Å²) in [4.78, 5) is 14.2. The normalized spacial score (nSPS) is 23.1. The van der Waals surface area contributed by atoms with Crippen LogP contribution in [-0.2, 0) is 9.53 Å². The Morgan fingerprint density at radius 2 is 2.26 bits per heavy atom. The first kappa shape index (κ1) is 17.1. The average molecular weight is 355 g/mol. The van der Waals surface area contributed by atoms with E-state index in [1.807, 2.05) is 23.9 Å². The Morgan fingerprint density at radius 3 is 3.00 bits per heavy atom. The minimum atomic E-state index is -0.413. The molecule has 1 unspecified atom stereocenters. The standard InChI is InChI=1S/C17H23ClN2O2S/c1-22-11-17(5-7-19-8-6-17)16(21)20-14-4-9-23-15-3-2-12(18)10-13(14)15/h2-3,10,14,19H,4-9,11H2,1H3,(H,20,21). The molecule has 0 aliphatic carbocycles. The van der Waals surface area contributed by atoms with E-state index < -0.39 is 5.41 Å². The first-order chi connectivity index (χ1) is 11.1. The summed E-state index contributed by atoms with van der Waals surface area (Å²) in [6, 6.07) is 5.99. The highest BCUT2D eigenvalue weighted by Crippen LogP contribution is 2.39. The lowest BCUT2D eigenvalue weighted by Gasteiger charge is -2.37. The van der Waals surface area contributed by atoms with Gasteiger partial charge in [0.2, 0.25) is 5.91 Å². The van der Waals surface area contributed by atoms with Gasteiger partial charge in [-0.1, -0.05) is 11.6 Å². The van der Waals surface area contributed by atoms with Gasteiger partial charge >= 0.3 is 0 Å². The number of thioether (sulfide) groups is 1. The Balaban J connectivity index is 1.79. The van der Waals surface area contributed by atoms with Gasteiger partial charge in [-0.05, 0) is 56.1 Å². The van der Waals surface area contributed by atoms with Gasteiger partial charge in [0.05, 0.1) is 18.1 Å². The van der Waals surface area contributed by atoms with E-state index in [2.05, 4.69) is 16.7 Å². The van der Waals surface area contributed by atoms with Crippen LogP contribution in [0.15, 0.2) is 23.1 Å². The summed E-state index contributed by atoms with van der Waals surface area (Å²) >= 11 is 7.98. The van der Waals surface area contributed by atoms with Crippen molar-refractivity contribution in [3.63, 3.8) is 0 Å². The minimum absolute atomic E-state index is 0.0427. The maximum absolute atomic E-state index is 13.0. The summed E-state index contributed by atoms with van der Waals surface area (Å²) in [6.45, 7) is 2.20. The first-order valence-electron chi connectivity index (χ1n) is 8.07. The van der Waals surface area contributed by atoms with Crippen LogP contribution in [0.4, 0.5) is 0 Å². The molecule has 2 aliphatic heterocycles. The van der Waals surface area contributed by atoms with E-state index in [9.17, 15) is 4.79 Å². The van der Waals surface area contributed by atoms with Crippen LogP contribution in [0.1, 0.15) is 30.9 Å². The van der Waals surface area contributed by atoms with Gasteiger partial charge in [0.1, 0.15) is 0 Å². The van der Waals surface area contributed by atoms with Crippen molar-refractivity contribution in [2.45, 2.75) is 30.2 Å². The third kappa shape index (κ3) is 3.68. The molecule has 0 spiro atoms. The Bertz CT molecular complexity index is 570. The van der Waals surface area contributed by atoms with Crippen LogP contribution in [0.2, 0.25) is 5.02 Å². The minimum Gasteiger partial charge on any atom is -0.384 e. The smallest absolute Gasteiger partial charge is 0.229 e. The third-order valence-corrected chi connectivity index (χ3v) is 6.14. The van der Waals surface area contributed by atoms with Crippen LogP contribution >= 0.6 is 23.4 Å². The van der Waals surface area contributed by atoms with Gasteiger partial charge in [0, 0.05) is 22.8 Å². The van der Waals surface area contributed by atoms with E-state index in [0.717, 1.165) is 48.7 Å². The Kier molecular flexibility index (Phi) is 5.52. The van der Waals surface area contributed by atoms with Gasteiger partial charge < -0.3 is 15.4 Å². The van der Waals surface area contributed by atoms with E-state index in [-0.39, 0.29) is 11.9 Å². The molecule has 0 bridgehead atoms. The molecule has 3 rings (SSSR count). The number of benzene rings is 1. The van der Waals surface area contributed by atoms with Crippen LogP contribution in [0, 0.1) is 5.41 Å². The van der Waals surface area contributed by atoms with Gasteiger partial charge in [-0.15, -0.1) is 11.8 Å². The number of rotatable bonds is 4. The van der Waals surface area contributed by atoms with Gasteiger partial charge in [-0.2, -0.15) is 0 Å². The number of nitrogens with one attached hydrogen (secondary N) is 2. The zero-order valence-electron chi connectivity index (χ0n) is 13.4. The lowest BCUT2D eigenvalue weighted by molar-refractivity contribution is -0.137. The van der Waals surface area contributed by atoms with Crippen molar-refractivity contribution in [3.8, 4) is 0 Å². The van der Waals surface area contributed by atoms with Crippen molar-refractivity contribution in [2.75, 3.05) is 32.6 Å². The molecule has 126 valence electrons. The lowest BCUT2D eigenvalue weighted by atomic mass is 9.78. The van der Waals surface area contributed by atoms with Crippen molar-refractivity contribution in [1.82, 2.24) is 10.6 Å². The Labute approximate surface area is 146 Å². The lowest BCUT2D eigenvalue weighted by Crippen LogP contribution is -2.51. The molecule has 2 heterocycles. The number of hydrogen-bond donors (Lipinski definition) is 2. The number of piperidine rings is 1. The molecule has 6 heteroatoms. The number of hydrogen-bond acceptors (Lipinski definition) is 4. The molecule has 0 radical (unpaired) electrons. The molecule has 2 N–H and O–H groups in total. The summed E-state index contributed by atoms with van der Waals surface area (Å²) in [7, 11) is 1.67. The van der Waals surface area contributed by atoms with E-state index in [4.69, 9.17) is 16.3 Å². The van der Waals surface area contributed by atoms with Crippen LogP contribution in [0.3, 0.4) is 0 Å². The predicted molar refractivity (Wildman–Crippen MR) is 94.1 cm³/mol. The van der Waals surface area contributed by atoms with Crippen molar-refractivity contribution in [1.29, 1.82) is 0 Å². The number of amides is 1. The molecule has 2 aliphatic rings. The van der Waals surface area contributed by atoms with Crippen molar-refractivity contribution in [2.24, 2.45) is 5.41 Å². The van der Waals surface area contributed by atoms with E-state index in [0.29, 0.717) is 6.61 Å². The largest absolute Gasteiger partial charge is 0.384 e. The first-order valence-corrected chi connectivity index (χ1v) is 9.44. The highest BCUT2D eigenvalue weighted by molar-refractivity contribution is 7.99. The summed E-state index contributed by atoms with van der Waals surface area (Å²) in [5.41, 5.74) is 0.729. The summed E-state index contributed by atoms with van der Waals surface area (Å²) < 4.78 is 5.37. The van der Waals surface area contributed by atoms with Crippen LogP contribution in [0.5, 0.6) is 0 Å². The Morgan fingerprint density at radius 1 is 1.48 bits per heavy atom. The predicted octanol–water partition coefficient (Wildman–Crippen LogP) is 3.01. The fourth-order valence-electron chi connectivity index (χ4n) is 3.45. The number of ether oxygens (including phenoxy) is 1. The third-order valence-electron chi connectivity index (χ3n) is 4.78. The van der Waals surface area contributed by atoms with Gasteiger partial charge in [0.25, 0.3) is 0 Å². The highest BCUT2D eigenvalue weighted by atomic mass is 35.5. The molecule has 0 saturated carbocycles. The van der Waals surface area contributed by atoms with Crippen LogP contribution in [0.25, 0.3) is 0 Å². The van der Waals surface area contributed by atoms with Crippen molar-refractivity contribution < 1.29 is 9.53 Å². The zero-order valence-corrected chi connectivity index (χ0v) is 14.9. The number of carbonyl (C=O) groups is 1. The summed E-state index contributed by atoms with van der Waals surface area (Å²) in [5, 5.41) is 7.32. The molecular weight excluding hydrogens is 332 g/mol. The zero-order chi connectivity index (χ0) is 16.3. The van der Waals surface area contributed by atoms with Crippen molar-refractivity contribution >= 4 is 29.3 Å². The van der Waals surface area contributed by atoms with Crippen LogP contribution < -0.4 is 10.6 Å². The second-order valence-electron chi connectivity index (χ2n) is 6.31. The number of fused-ring (bicyclic) bond motifs is 1. The fraction of sp³-hybridized carbons (Fsp3) is 0.588. The molecule has 1 fully saturated rings. The quantitative estimate of drug-likeness (QED) is 0.872. The number of methoxy groups -OCH3 is 1. The van der Waals surface area contributed by atoms with Crippen molar-refractivity contribution in [3.05, 3.63) is 28.8 Å². The maximum Gasteiger partial charge on any atom is 0.229 e. The maximum atomic E-state index is 13.0. The molecule has 1 amide bonds. The summed E-state index contributed by atoms with van der Waals surface area (Å²) in [6.07, 6.45) is 2.57. The number of halogens is 1. The average Bonchev–Trinajstić information content (AvgIpc) is 2.56. The highest BCUT2D eigenvalue weighted by Gasteiger charge is 2.40. The molecule has 1 aromatic carbocycles. The molecule has 23 heavy (non-hydrogen) atoms. The van der Waals surface area contributed by atoms with E-state index in [1.54, 1.807) is 7.11 Å². The topological polar surface area (TPSA) is 50.4 Å².